The van der Waals surface area contributed by atoms with E-state index in [0.717, 1.165) is 39.3 Å². The Labute approximate surface area is 162 Å². The van der Waals surface area contributed by atoms with Gasteiger partial charge in [0.1, 0.15) is 0 Å². The van der Waals surface area contributed by atoms with Crippen LogP contribution in [0.2, 0.25) is 5.02 Å². The van der Waals surface area contributed by atoms with Crippen LogP contribution in [0.4, 0.5) is 5.95 Å². The smallest absolute Gasteiger partial charge is 0.231 e. The van der Waals surface area contributed by atoms with E-state index in [-0.39, 0.29) is 6.79 Å². The standard InChI is InChI=1S/C20H20ClN3O3/c1-25-9-8-24-17(15-4-7-18-19(10-15)27-13-26-18)12-23-20(24)22-11-14-2-5-16(21)6-3-14/h2-7,10,12H,8-9,11,13H2,1H3,(H,22,23). The molecule has 0 atom stereocenters. The molecule has 0 saturated heterocycles. The van der Waals surface area contributed by atoms with E-state index >= 15 is 0 Å². The predicted molar refractivity (Wildman–Crippen MR) is 104 cm³/mol. The predicted octanol–water partition coefficient (Wildman–Crippen LogP) is 4.19. The molecule has 1 N–H and O–H groups in total. The molecule has 27 heavy (non-hydrogen) atoms. The summed E-state index contributed by atoms with van der Waals surface area (Å²) < 4.78 is 18.3. The Bertz CT molecular complexity index is 925. The van der Waals surface area contributed by atoms with Crippen molar-refractivity contribution >= 4 is 17.5 Å². The molecule has 140 valence electrons. The molecule has 1 aliphatic rings. The molecule has 0 bridgehead atoms. The summed E-state index contributed by atoms with van der Waals surface area (Å²) in [5.74, 6) is 2.31. The molecule has 0 unspecified atom stereocenters. The fraction of sp³-hybridized carbons (Fsp3) is 0.250. The van der Waals surface area contributed by atoms with Crippen LogP contribution in [0.25, 0.3) is 11.3 Å². The molecule has 0 saturated carbocycles. The Hall–Kier alpha value is -2.70. The van der Waals surface area contributed by atoms with Gasteiger partial charge in [-0.15, -0.1) is 0 Å². The highest BCUT2D eigenvalue weighted by Crippen LogP contribution is 2.36. The molecule has 0 amide bonds. The van der Waals surface area contributed by atoms with Gasteiger partial charge in [0.05, 0.1) is 18.5 Å². The highest BCUT2D eigenvalue weighted by atomic mass is 35.5. The summed E-state index contributed by atoms with van der Waals surface area (Å²) in [6.45, 7) is 2.18. The van der Waals surface area contributed by atoms with Gasteiger partial charge in [-0.05, 0) is 35.9 Å². The minimum absolute atomic E-state index is 0.260. The molecule has 0 fully saturated rings. The minimum atomic E-state index is 0.260. The third-order valence-corrected chi connectivity index (χ3v) is 4.66. The lowest BCUT2D eigenvalue weighted by Crippen LogP contribution is -2.11. The maximum absolute atomic E-state index is 5.95. The SMILES string of the molecule is COCCn1c(-c2ccc3c(c2)OCO3)cnc1NCc1ccc(Cl)cc1. The van der Waals surface area contributed by atoms with Crippen molar-refractivity contribution in [2.75, 3.05) is 25.8 Å². The fourth-order valence-electron chi connectivity index (χ4n) is 3.00. The van der Waals surface area contributed by atoms with Crippen molar-refractivity contribution < 1.29 is 14.2 Å². The molecule has 0 aliphatic carbocycles. The van der Waals surface area contributed by atoms with Crippen LogP contribution in [0.3, 0.4) is 0 Å². The van der Waals surface area contributed by atoms with Gasteiger partial charge in [-0.2, -0.15) is 0 Å². The topological polar surface area (TPSA) is 57.5 Å². The number of rotatable bonds is 7. The second kappa shape index (κ2) is 7.90. The summed E-state index contributed by atoms with van der Waals surface area (Å²) in [7, 11) is 1.69. The lowest BCUT2D eigenvalue weighted by Gasteiger charge is -2.13. The van der Waals surface area contributed by atoms with Crippen LogP contribution in [0.15, 0.2) is 48.7 Å². The van der Waals surface area contributed by atoms with Crippen LogP contribution in [-0.4, -0.2) is 30.1 Å². The number of ether oxygens (including phenoxy) is 3. The normalized spacial score (nSPS) is 12.4. The van der Waals surface area contributed by atoms with Crippen LogP contribution in [0.5, 0.6) is 11.5 Å². The molecule has 7 heteroatoms. The summed E-state index contributed by atoms with van der Waals surface area (Å²) in [5.41, 5.74) is 3.14. The number of halogens is 1. The van der Waals surface area contributed by atoms with Crippen molar-refractivity contribution in [3.8, 4) is 22.8 Å². The number of nitrogens with one attached hydrogen (secondary N) is 1. The number of benzene rings is 2. The van der Waals surface area contributed by atoms with Crippen molar-refractivity contribution in [1.29, 1.82) is 0 Å². The molecular formula is C20H20ClN3O3. The Morgan fingerprint density at radius 1 is 1.15 bits per heavy atom. The van der Waals surface area contributed by atoms with Gasteiger partial charge in [-0.3, -0.25) is 0 Å². The monoisotopic (exact) mass is 385 g/mol. The quantitative estimate of drug-likeness (QED) is 0.660. The van der Waals surface area contributed by atoms with Gasteiger partial charge in [0.15, 0.2) is 11.5 Å². The second-order valence-corrected chi connectivity index (χ2v) is 6.60. The van der Waals surface area contributed by atoms with Crippen LogP contribution in [-0.2, 0) is 17.8 Å². The number of nitrogens with zero attached hydrogens (tertiary/aromatic N) is 2. The van der Waals surface area contributed by atoms with E-state index < -0.39 is 0 Å². The maximum Gasteiger partial charge on any atom is 0.231 e. The first kappa shape index (κ1) is 17.7. The average Bonchev–Trinajstić information content (AvgIpc) is 3.32. The third kappa shape index (κ3) is 3.86. The van der Waals surface area contributed by atoms with E-state index in [4.69, 9.17) is 25.8 Å². The van der Waals surface area contributed by atoms with E-state index in [1.54, 1.807) is 7.11 Å². The fourth-order valence-corrected chi connectivity index (χ4v) is 3.12. The highest BCUT2D eigenvalue weighted by molar-refractivity contribution is 6.30. The number of fused-ring (bicyclic) bond motifs is 1. The van der Waals surface area contributed by atoms with Crippen molar-refractivity contribution in [3.63, 3.8) is 0 Å². The molecule has 6 nitrogen and oxygen atoms in total. The molecule has 2 aromatic carbocycles. The van der Waals surface area contributed by atoms with Crippen molar-refractivity contribution in [3.05, 3.63) is 59.2 Å². The number of anilines is 1. The molecule has 3 aromatic rings. The summed E-state index contributed by atoms with van der Waals surface area (Å²) in [5, 5.41) is 4.12. The zero-order valence-corrected chi connectivity index (χ0v) is 15.7. The zero-order valence-electron chi connectivity index (χ0n) is 14.9. The number of imidazole rings is 1. The molecule has 4 rings (SSSR count). The zero-order chi connectivity index (χ0) is 18.6. The number of methoxy groups -OCH3 is 1. The van der Waals surface area contributed by atoms with Crippen molar-refractivity contribution in [2.45, 2.75) is 13.1 Å². The van der Waals surface area contributed by atoms with Gasteiger partial charge in [-0.1, -0.05) is 23.7 Å². The average molecular weight is 386 g/mol. The van der Waals surface area contributed by atoms with Gasteiger partial charge >= 0.3 is 0 Å². The number of hydrogen-bond donors (Lipinski definition) is 1. The number of hydrogen-bond acceptors (Lipinski definition) is 5. The molecule has 0 radical (unpaired) electrons. The van der Waals surface area contributed by atoms with Crippen molar-refractivity contribution in [1.82, 2.24) is 9.55 Å². The Morgan fingerprint density at radius 3 is 2.78 bits per heavy atom. The molecule has 1 aliphatic heterocycles. The van der Waals surface area contributed by atoms with E-state index in [1.165, 1.54) is 0 Å². The molecular weight excluding hydrogens is 366 g/mol. The van der Waals surface area contributed by atoms with Crippen molar-refractivity contribution in [2.24, 2.45) is 0 Å². The van der Waals surface area contributed by atoms with Gasteiger partial charge in [0, 0.05) is 30.8 Å². The lowest BCUT2D eigenvalue weighted by atomic mass is 10.1. The van der Waals surface area contributed by atoms with Crippen LogP contribution >= 0.6 is 11.6 Å². The van der Waals surface area contributed by atoms with Gasteiger partial charge in [-0.25, -0.2) is 4.98 Å². The first-order valence-corrected chi connectivity index (χ1v) is 9.05. The second-order valence-electron chi connectivity index (χ2n) is 6.16. The Kier molecular flexibility index (Phi) is 5.18. The van der Waals surface area contributed by atoms with Crippen LogP contribution in [0.1, 0.15) is 5.56 Å². The third-order valence-electron chi connectivity index (χ3n) is 4.41. The van der Waals surface area contributed by atoms with E-state index in [2.05, 4.69) is 14.9 Å². The molecule has 1 aromatic heterocycles. The largest absolute Gasteiger partial charge is 0.454 e. The Morgan fingerprint density at radius 2 is 1.96 bits per heavy atom. The van der Waals surface area contributed by atoms with Gasteiger partial charge < -0.3 is 24.1 Å². The molecule has 2 heterocycles. The van der Waals surface area contributed by atoms with Gasteiger partial charge in [0.2, 0.25) is 12.7 Å². The van der Waals surface area contributed by atoms with Crippen LogP contribution in [0, 0.1) is 0 Å². The van der Waals surface area contributed by atoms with Crippen LogP contribution < -0.4 is 14.8 Å². The maximum atomic E-state index is 5.95. The molecule has 0 spiro atoms. The first-order valence-electron chi connectivity index (χ1n) is 8.67. The van der Waals surface area contributed by atoms with E-state index in [1.807, 2.05) is 48.7 Å². The summed E-state index contributed by atoms with van der Waals surface area (Å²) in [6.07, 6.45) is 1.86. The lowest BCUT2D eigenvalue weighted by molar-refractivity contribution is 0.174. The first-order chi connectivity index (χ1) is 13.2. The summed E-state index contributed by atoms with van der Waals surface area (Å²) >= 11 is 5.95. The summed E-state index contributed by atoms with van der Waals surface area (Å²) in [6, 6.07) is 13.7. The highest BCUT2D eigenvalue weighted by Gasteiger charge is 2.17. The summed E-state index contributed by atoms with van der Waals surface area (Å²) in [4.78, 5) is 4.57. The van der Waals surface area contributed by atoms with Gasteiger partial charge in [0.25, 0.3) is 0 Å². The van der Waals surface area contributed by atoms with E-state index in [9.17, 15) is 0 Å². The Balaban J connectivity index is 1.59. The number of aromatic nitrogens is 2. The van der Waals surface area contributed by atoms with E-state index in [0.29, 0.717) is 19.7 Å². The minimum Gasteiger partial charge on any atom is -0.454 e.